The van der Waals surface area contributed by atoms with E-state index >= 15 is 0 Å². The maximum atomic E-state index is 13.4. The van der Waals surface area contributed by atoms with Gasteiger partial charge in [-0.05, 0) is 30.3 Å². The Hall–Kier alpha value is -3.57. The predicted molar refractivity (Wildman–Crippen MR) is 103 cm³/mol. The lowest BCUT2D eigenvalue weighted by molar-refractivity contribution is 0.0954. The molecule has 0 saturated heterocycles. The molecule has 2 aromatic heterocycles. The number of halogens is 1. The maximum absolute atomic E-state index is 13.4. The molecule has 6 nitrogen and oxygen atoms in total. The summed E-state index contributed by atoms with van der Waals surface area (Å²) in [6, 6.07) is 14.7. The number of amides is 1. The molecule has 2 aromatic carbocycles. The number of fused-ring (bicyclic) bond motifs is 1. The highest BCUT2D eigenvalue weighted by atomic mass is 32.1. The standard InChI is InChI=1S/C20H14FN5OS/c21-16-6-2-4-14(10-16)18-24-20-26(25-18)17(12-28-20)7-8-23-19(27)15-5-1-3-13(9-15)11-22/h1-6,9-10,12H,7-8H2,(H,23,27). The summed E-state index contributed by atoms with van der Waals surface area (Å²) in [5.74, 6) is -0.105. The lowest BCUT2D eigenvalue weighted by Gasteiger charge is -2.05. The third-order valence-corrected chi connectivity index (χ3v) is 5.02. The third kappa shape index (κ3) is 3.61. The minimum absolute atomic E-state index is 0.234. The molecule has 138 valence electrons. The maximum Gasteiger partial charge on any atom is 0.251 e. The van der Waals surface area contributed by atoms with Gasteiger partial charge < -0.3 is 5.32 Å². The second-order valence-electron chi connectivity index (χ2n) is 6.07. The van der Waals surface area contributed by atoms with Crippen molar-refractivity contribution in [3.8, 4) is 17.5 Å². The van der Waals surface area contributed by atoms with E-state index < -0.39 is 0 Å². The van der Waals surface area contributed by atoms with E-state index in [-0.39, 0.29) is 11.7 Å². The molecule has 0 fully saturated rings. The van der Waals surface area contributed by atoms with E-state index in [1.165, 1.54) is 23.5 Å². The van der Waals surface area contributed by atoms with Gasteiger partial charge in [-0.3, -0.25) is 4.79 Å². The van der Waals surface area contributed by atoms with Crippen molar-refractivity contribution in [1.82, 2.24) is 19.9 Å². The molecule has 2 heterocycles. The van der Waals surface area contributed by atoms with Crippen molar-refractivity contribution in [2.24, 2.45) is 0 Å². The summed E-state index contributed by atoms with van der Waals surface area (Å²) in [6.07, 6.45) is 0.565. The van der Waals surface area contributed by atoms with Crippen LogP contribution in [0.5, 0.6) is 0 Å². The lowest BCUT2D eigenvalue weighted by atomic mass is 10.1. The van der Waals surface area contributed by atoms with Crippen LogP contribution in [0.4, 0.5) is 4.39 Å². The number of nitrogens with one attached hydrogen (secondary N) is 1. The van der Waals surface area contributed by atoms with Gasteiger partial charge in [0.2, 0.25) is 4.96 Å². The van der Waals surface area contributed by atoms with Crippen LogP contribution in [0.1, 0.15) is 21.6 Å². The minimum atomic E-state index is -0.334. The van der Waals surface area contributed by atoms with E-state index in [1.54, 1.807) is 40.9 Å². The Balaban J connectivity index is 1.45. The predicted octanol–water partition coefficient (Wildman–Crippen LogP) is 3.44. The minimum Gasteiger partial charge on any atom is -0.352 e. The van der Waals surface area contributed by atoms with Crippen molar-refractivity contribution in [2.75, 3.05) is 6.54 Å². The Labute approximate surface area is 163 Å². The monoisotopic (exact) mass is 391 g/mol. The largest absolute Gasteiger partial charge is 0.352 e. The number of nitriles is 1. The Kier molecular flexibility index (Phi) is 4.83. The molecular formula is C20H14FN5OS. The average Bonchev–Trinajstić information content (AvgIpc) is 3.30. The fraction of sp³-hybridized carbons (Fsp3) is 0.100. The molecule has 0 radical (unpaired) electrons. The van der Waals surface area contributed by atoms with Gasteiger partial charge in [0, 0.05) is 29.5 Å². The molecule has 0 aliphatic heterocycles. The molecular weight excluding hydrogens is 377 g/mol. The van der Waals surface area contributed by atoms with Gasteiger partial charge in [0.25, 0.3) is 5.91 Å². The van der Waals surface area contributed by atoms with Crippen LogP contribution in [0.3, 0.4) is 0 Å². The smallest absolute Gasteiger partial charge is 0.251 e. The van der Waals surface area contributed by atoms with Crippen LogP contribution in [0.2, 0.25) is 0 Å². The second kappa shape index (κ2) is 7.58. The first-order valence-corrected chi connectivity index (χ1v) is 9.39. The van der Waals surface area contributed by atoms with Crippen LogP contribution in [-0.2, 0) is 6.42 Å². The number of carbonyl (C=O) groups excluding carboxylic acids is 1. The van der Waals surface area contributed by atoms with Gasteiger partial charge in [0.15, 0.2) is 5.82 Å². The van der Waals surface area contributed by atoms with Crippen molar-refractivity contribution in [1.29, 1.82) is 5.26 Å². The van der Waals surface area contributed by atoms with Crippen molar-refractivity contribution >= 4 is 22.2 Å². The summed E-state index contributed by atoms with van der Waals surface area (Å²) in [4.78, 5) is 17.4. The molecule has 28 heavy (non-hydrogen) atoms. The van der Waals surface area contributed by atoms with Gasteiger partial charge in [-0.1, -0.05) is 18.2 Å². The van der Waals surface area contributed by atoms with Crippen LogP contribution in [0, 0.1) is 17.1 Å². The molecule has 0 aliphatic carbocycles. The second-order valence-corrected chi connectivity index (χ2v) is 6.90. The molecule has 0 aliphatic rings. The topological polar surface area (TPSA) is 83.1 Å². The van der Waals surface area contributed by atoms with E-state index in [1.807, 2.05) is 11.4 Å². The Morgan fingerprint density at radius 2 is 2.11 bits per heavy atom. The zero-order valence-electron chi connectivity index (χ0n) is 14.6. The molecule has 1 N–H and O–H groups in total. The van der Waals surface area contributed by atoms with Crippen LogP contribution < -0.4 is 5.32 Å². The van der Waals surface area contributed by atoms with Crippen LogP contribution >= 0.6 is 11.3 Å². The normalized spacial score (nSPS) is 10.7. The first-order chi connectivity index (χ1) is 13.6. The van der Waals surface area contributed by atoms with Crippen molar-refractivity contribution in [3.63, 3.8) is 0 Å². The van der Waals surface area contributed by atoms with Crippen molar-refractivity contribution < 1.29 is 9.18 Å². The summed E-state index contributed by atoms with van der Waals surface area (Å²) in [5.41, 5.74) is 2.41. The van der Waals surface area contributed by atoms with Crippen molar-refractivity contribution in [2.45, 2.75) is 6.42 Å². The zero-order valence-corrected chi connectivity index (χ0v) is 15.4. The number of nitrogens with zero attached hydrogens (tertiary/aromatic N) is 4. The summed E-state index contributed by atoms with van der Waals surface area (Å²) >= 11 is 1.44. The van der Waals surface area contributed by atoms with E-state index in [9.17, 15) is 9.18 Å². The van der Waals surface area contributed by atoms with Crippen LogP contribution in [0.25, 0.3) is 16.3 Å². The van der Waals surface area contributed by atoms with Crippen molar-refractivity contribution in [3.05, 3.63) is 76.5 Å². The summed E-state index contributed by atoms with van der Waals surface area (Å²) < 4.78 is 15.1. The number of aromatic nitrogens is 3. The SMILES string of the molecule is N#Cc1cccc(C(=O)NCCc2csc3nc(-c4cccc(F)c4)nn23)c1. The number of rotatable bonds is 5. The highest BCUT2D eigenvalue weighted by Gasteiger charge is 2.12. The van der Waals surface area contributed by atoms with Gasteiger partial charge in [0.05, 0.1) is 17.3 Å². The first kappa shape index (κ1) is 17.8. The number of benzene rings is 2. The van der Waals surface area contributed by atoms with Crippen LogP contribution in [0.15, 0.2) is 53.9 Å². The lowest BCUT2D eigenvalue weighted by Crippen LogP contribution is -2.26. The summed E-state index contributed by atoms with van der Waals surface area (Å²) in [5, 5.41) is 18.2. The van der Waals surface area contributed by atoms with Gasteiger partial charge in [-0.15, -0.1) is 16.4 Å². The number of hydrogen-bond donors (Lipinski definition) is 1. The number of hydrogen-bond acceptors (Lipinski definition) is 5. The Morgan fingerprint density at radius 3 is 2.93 bits per heavy atom. The van der Waals surface area contributed by atoms with E-state index in [0.29, 0.717) is 40.4 Å². The average molecular weight is 391 g/mol. The highest BCUT2D eigenvalue weighted by Crippen LogP contribution is 2.21. The molecule has 0 atom stereocenters. The van der Waals surface area contributed by atoms with Crippen LogP contribution in [-0.4, -0.2) is 27.0 Å². The van der Waals surface area contributed by atoms with E-state index in [4.69, 9.17) is 5.26 Å². The quantitative estimate of drug-likeness (QED) is 0.565. The Morgan fingerprint density at radius 1 is 1.25 bits per heavy atom. The highest BCUT2D eigenvalue weighted by molar-refractivity contribution is 7.15. The van der Waals surface area contributed by atoms with Gasteiger partial charge in [-0.2, -0.15) is 10.2 Å². The van der Waals surface area contributed by atoms with E-state index in [0.717, 1.165) is 5.69 Å². The fourth-order valence-corrected chi connectivity index (χ4v) is 3.64. The zero-order chi connectivity index (χ0) is 19.5. The van der Waals surface area contributed by atoms with E-state index in [2.05, 4.69) is 15.4 Å². The molecule has 4 rings (SSSR count). The van der Waals surface area contributed by atoms with Gasteiger partial charge >= 0.3 is 0 Å². The number of thiazole rings is 1. The molecule has 8 heteroatoms. The number of carbonyl (C=O) groups is 1. The Bertz CT molecular complexity index is 1210. The molecule has 4 aromatic rings. The molecule has 1 amide bonds. The first-order valence-electron chi connectivity index (χ1n) is 8.51. The molecule has 0 spiro atoms. The molecule has 0 saturated carbocycles. The summed E-state index contributed by atoms with van der Waals surface area (Å²) in [7, 11) is 0. The van der Waals surface area contributed by atoms with Gasteiger partial charge in [-0.25, -0.2) is 8.91 Å². The third-order valence-electron chi connectivity index (χ3n) is 4.15. The summed E-state index contributed by atoms with van der Waals surface area (Å²) in [6.45, 7) is 0.413. The molecule has 0 bridgehead atoms. The fourth-order valence-electron chi connectivity index (χ4n) is 2.78. The van der Waals surface area contributed by atoms with Gasteiger partial charge in [0.1, 0.15) is 5.82 Å². The molecule has 0 unspecified atom stereocenters.